The maximum atomic E-state index is 13.0. The van der Waals surface area contributed by atoms with Crippen LogP contribution in [0, 0.1) is 5.41 Å². The van der Waals surface area contributed by atoms with E-state index in [1.807, 2.05) is 0 Å². The number of nitrogens with one attached hydrogen (secondary N) is 2. The second-order valence-corrected chi connectivity index (χ2v) is 9.23. The molecule has 1 heterocycles. The Labute approximate surface area is 198 Å². The van der Waals surface area contributed by atoms with Crippen molar-refractivity contribution in [1.29, 1.82) is 5.41 Å². The molecule has 2 aromatic rings. The minimum atomic E-state index is -0.903. The van der Waals surface area contributed by atoms with E-state index in [0.29, 0.717) is 11.3 Å². The van der Waals surface area contributed by atoms with Gasteiger partial charge >= 0.3 is 18.2 Å². The number of carbonyl (C=O) groups excluding carboxylic acids is 3. The molecule has 2 N–H and O–H groups in total. The Hall–Kier alpha value is -3.95. The van der Waals surface area contributed by atoms with Crippen LogP contribution in [0.15, 0.2) is 42.6 Å². The first-order valence-electron chi connectivity index (χ1n) is 10.5. The van der Waals surface area contributed by atoms with Gasteiger partial charge in [0.15, 0.2) is 0 Å². The highest BCUT2D eigenvalue weighted by Gasteiger charge is 2.29. The van der Waals surface area contributed by atoms with Crippen LogP contribution in [0.25, 0.3) is 11.3 Å². The Bertz CT molecular complexity index is 1090. The summed E-state index contributed by atoms with van der Waals surface area (Å²) in [7, 11) is 1.27. The SMILES string of the molecule is COC(=O)c1cccnc1-c1cccc(N(C(=N)NC(=O)OC(C)(C)C)C(=O)OC(C)(C)C)c1. The fraction of sp³-hybridized carbons (Fsp3) is 0.375. The average Bonchev–Trinajstić information content (AvgIpc) is 2.70. The van der Waals surface area contributed by atoms with E-state index in [9.17, 15) is 14.4 Å². The van der Waals surface area contributed by atoms with Crippen molar-refractivity contribution < 1.29 is 28.6 Å². The van der Waals surface area contributed by atoms with Crippen molar-refractivity contribution in [2.24, 2.45) is 0 Å². The largest absolute Gasteiger partial charge is 0.465 e. The number of ether oxygens (including phenoxy) is 3. The van der Waals surface area contributed by atoms with Gasteiger partial charge in [-0.05, 0) is 65.8 Å². The van der Waals surface area contributed by atoms with Gasteiger partial charge in [-0.2, -0.15) is 0 Å². The molecule has 0 atom stereocenters. The number of hydrogen-bond acceptors (Lipinski definition) is 8. The lowest BCUT2D eigenvalue weighted by Gasteiger charge is -2.28. The molecule has 0 fully saturated rings. The van der Waals surface area contributed by atoms with Crippen molar-refractivity contribution in [3.63, 3.8) is 0 Å². The fourth-order valence-electron chi connectivity index (χ4n) is 2.79. The van der Waals surface area contributed by atoms with Crippen LogP contribution in [-0.2, 0) is 14.2 Å². The summed E-state index contributed by atoms with van der Waals surface area (Å²) >= 11 is 0. The van der Waals surface area contributed by atoms with Gasteiger partial charge in [0.05, 0.1) is 24.1 Å². The van der Waals surface area contributed by atoms with E-state index < -0.39 is 35.3 Å². The second kappa shape index (κ2) is 10.3. The first-order chi connectivity index (χ1) is 15.7. The van der Waals surface area contributed by atoms with Gasteiger partial charge in [-0.3, -0.25) is 15.7 Å². The number of anilines is 1. The molecule has 0 bridgehead atoms. The predicted molar refractivity (Wildman–Crippen MR) is 127 cm³/mol. The summed E-state index contributed by atoms with van der Waals surface area (Å²) < 4.78 is 15.5. The van der Waals surface area contributed by atoms with Crippen molar-refractivity contribution in [2.75, 3.05) is 12.0 Å². The van der Waals surface area contributed by atoms with Crippen LogP contribution in [0.4, 0.5) is 15.3 Å². The summed E-state index contributed by atoms with van der Waals surface area (Å²) in [6.07, 6.45) is -0.272. The molecule has 0 aliphatic rings. The van der Waals surface area contributed by atoms with Crippen LogP contribution in [0.2, 0.25) is 0 Å². The maximum Gasteiger partial charge on any atom is 0.421 e. The first kappa shape index (κ1) is 26.3. The van der Waals surface area contributed by atoms with Crippen molar-refractivity contribution in [2.45, 2.75) is 52.7 Å². The van der Waals surface area contributed by atoms with Gasteiger partial charge in [0, 0.05) is 11.8 Å². The number of amides is 2. The van der Waals surface area contributed by atoms with E-state index in [0.717, 1.165) is 4.90 Å². The summed E-state index contributed by atoms with van der Waals surface area (Å²) in [5.41, 5.74) is -0.422. The number of guanidine groups is 1. The van der Waals surface area contributed by atoms with Gasteiger partial charge in [0.1, 0.15) is 11.2 Å². The van der Waals surface area contributed by atoms with E-state index in [2.05, 4.69) is 10.3 Å². The lowest BCUT2D eigenvalue weighted by atomic mass is 10.0. The molecule has 0 saturated carbocycles. The number of benzene rings is 1. The Morgan fingerprint density at radius 2 is 1.62 bits per heavy atom. The van der Waals surface area contributed by atoms with E-state index in [1.54, 1.807) is 77.9 Å². The number of alkyl carbamates (subject to hydrolysis) is 1. The molecule has 0 radical (unpaired) electrons. The fourth-order valence-corrected chi connectivity index (χ4v) is 2.79. The zero-order valence-corrected chi connectivity index (χ0v) is 20.4. The van der Waals surface area contributed by atoms with Crippen LogP contribution >= 0.6 is 0 Å². The molecular formula is C24H30N4O6. The quantitative estimate of drug-likeness (QED) is 0.287. The third kappa shape index (κ3) is 7.29. The molecule has 10 heteroatoms. The molecule has 182 valence electrons. The summed E-state index contributed by atoms with van der Waals surface area (Å²) in [4.78, 5) is 42.6. The highest BCUT2D eigenvalue weighted by molar-refractivity contribution is 6.16. The molecule has 0 aliphatic carbocycles. The van der Waals surface area contributed by atoms with E-state index in [4.69, 9.17) is 19.6 Å². The number of esters is 1. The van der Waals surface area contributed by atoms with Gasteiger partial charge in [0.2, 0.25) is 5.96 Å². The van der Waals surface area contributed by atoms with E-state index in [1.165, 1.54) is 13.3 Å². The lowest BCUT2D eigenvalue weighted by molar-refractivity contribution is 0.0555. The average molecular weight is 471 g/mol. The number of aromatic nitrogens is 1. The van der Waals surface area contributed by atoms with Crippen LogP contribution in [0.5, 0.6) is 0 Å². The number of rotatable bonds is 3. The molecule has 2 amide bonds. The van der Waals surface area contributed by atoms with E-state index in [-0.39, 0.29) is 11.3 Å². The Morgan fingerprint density at radius 1 is 0.971 bits per heavy atom. The zero-order chi connectivity index (χ0) is 25.7. The lowest BCUT2D eigenvalue weighted by Crippen LogP contribution is -2.49. The van der Waals surface area contributed by atoms with Crippen molar-refractivity contribution in [1.82, 2.24) is 10.3 Å². The van der Waals surface area contributed by atoms with Gasteiger partial charge < -0.3 is 14.2 Å². The topological polar surface area (TPSA) is 131 Å². The van der Waals surface area contributed by atoms with Crippen LogP contribution < -0.4 is 10.2 Å². The molecular weight excluding hydrogens is 440 g/mol. The van der Waals surface area contributed by atoms with Crippen molar-refractivity contribution >= 4 is 29.8 Å². The molecule has 0 saturated heterocycles. The van der Waals surface area contributed by atoms with Crippen LogP contribution in [0.1, 0.15) is 51.9 Å². The molecule has 2 rings (SSSR count). The second-order valence-electron chi connectivity index (χ2n) is 9.23. The molecule has 1 aromatic carbocycles. The summed E-state index contributed by atoms with van der Waals surface area (Å²) in [6.45, 7) is 10.1. The summed E-state index contributed by atoms with van der Waals surface area (Å²) in [5, 5.41) is 10.7. The van der Waals surface area contributed by atoms with Gasteiger partial charge in [-0.1, -0.05) is 12.1 Å². The number of pyridine rings is 1. The minimum Gasteiger partial charge on any atom is -0.465 e. The van der Waals surface area contributed by atoms with Crippen molar-refractivity contribution in [3.05, 3.63) is 48.2 Å². The van der Waals surface area contributed by atoms with E-state index >= 15 is 0 Å². The highest BCUT2D eigenvalue weighted by atomic mass is 16.6. The van der Waals surface area contributed by atoms with Gasteiger partial charge in [-0.25, -0.2) is 19.3 Å². The number of carbonyl (C=O) groups is 3. The molecule has 0 unspecified atom stereocenters. The number of hydrogen-bond donors (Lipinski definition) is 2. The zero-order valence-electron chi connectivity index (χ0n) is 20.4. The molecule has 34 heavy (non-hydrogen) atoms. The maximum absolute atomic E-state index is 13.0. The van der Waals surface area contributed by atoms with Gasteiger partial charge in [0.25, 0.3) is 0 Å². The predicted octanol–water partition coefficient (Wildman–Crippen LogP) is 4.74. The monoisotopic (exact) mass is 470 g/mol. The molecule has 1 aromatic heterocycles. The smallest absolute Gasteiger partial charge is 0.421 e. The highest BCUT2D eigenvalue weighted by Crippen LogP contribution is 2.27. The number of methoxy groups -OCH3 is 1. The van der Waals surface area contributed by atoms with Crippen LogP contribution in [0.3, 0.4) is 0 Å². The van der Waals surface area contributed by atoms with Crippen molar-refractivity contribution in [3.8, 4) is 11.3 Å². The Balaban J connectivity index is 2.50. The third-order valence-corrected chi connectivity index (χ3v) is 4.01. The number of nitrogens with zero attached hydrogens (tertiary/aromatic N) is 2. The summed E-state index contributed by atoms with van der Waals surface area (Å²) in [5.74, 6) is -1.15. The first-order valence-corrected chi connectivity index (χ1v) is 10.5. The summed E-state index contributed by atoms with van der Waals surface area (Å²) in [6, 6.07) is 9.59. The minimum absolute atomic E-state index is 0.203. The molecule has 0 spiro atoms. The normalized spacial score (nSPS) is 11.3. The molecule has 0 aliphatic heterocycles. The standard InChI is InChI=1S/C24H30N4O6/c1-23(2,3)33-21(30)27-20(25)28(22(31)34-24(4,5)6)16-11-8-10-15(14-16)18-17(19(29)32-7)12-9-13-26-18/h8-14H,1-7H3,(H2,25,27,30). The third-order valence-electron chi connectivity index (χ3n) is 4.01. The van der Waals surface area contributed by atoms with Gasteiger partial charge in [-0.15, -0.1) is 0 Å². The van der Waals surface area contributed by atoms with Crippen LogP contribution in [-0.4, -0.2) is 47.4 Å². The molecule has 10 nitrogen and oxygen atoms in total. The Morgan fingerprint density at radius 3 is 2.21 bits per heavy atom. The Kier molecular flexibility index (Phi) is 7.99.